The van der Waals surface area contributed by atoms with Gasteiger partial charge < -0.3 is 15.4 Å². The topological polar surface area (TPSA) is 101 Å². The van der Waals surface area contributed by atoms with Crippen LogP contribution in [-0.2, 0) is 22.6 Å². The molecule has 3 amide bonds. The number of hydrogen-bond donors (Lipinski definition) is 2. The SMILES string of the molecule is Cc1cccc(CN2C(=O)O[C@H](c3ccc(NC(=O)c4cccs4)cc3)[C@@H]2C(=O)NCc2ccncc2)c1. The van der Waals surface area contributed by atoms with Gasteiger partial charge in [0.15, 0.2) is 12.1 Å². The molecular formula is C29H26N4O4S. The van der Waals surface area contributed by atoms with Crippen LogP contribution < -0.4 is 10.6 Å². The Labute approximate surface area is 224 Å². The van der Waals surface area contributed by atoms with Crippen molar-refractivity contribution in [3.05, 3.63) is 118 Å². The van der Waals surface area contributed by atoms with Crippen molar-refractivity contribution in [2.24, 2.45) is 0 Å². The largest absolute Gasteiger partial charge is 0.438 e. The van der Waals surface area contributed by atoms with Gasteiger partial charge in [0, 0.05) is 24.6 Å². The summed E-state index contributed by atoms with van der Waals surface area (Å²) in [6.07, 6.45) is 1.95. The lowest BCUT2D eigenvalue weighted by atomic mass is 10.00. The number of amides is 3. The first-order valence-corrected chi connectivity index (χ1v) is 13.0. The Morgan fingerprint density at radius 2 is 1.79 bits per heavy atom. The lowest BCUT2D eigenvalue weighted by Crippen LogP contribution is -2.46. The molecule has 1 fully saturated rings. The highest BCUT2D eigenvalue weighted by molar-refractivity contribution is 7.12. The van der Waals surface area contributed by atoms with E-state index >= 15 is 0 Å². The van der Waals surface area contributed by atoms with E-state index in [0.717, 1.165) is 16.7 Å². The normalized spacial score (nSPS) is 16.7. The molecule has 0 spiro atoms. The summed E-state index contributed by atoms with van der Waals surface area (Å²) in [5, 5.41) is 7.65. The van der Waals surface area contributed by atoms with E-state index in [1.807, 2.05) is 54.8 Å². The summed E-state index contributed by atoms with van der Waals surface area (Å²) in [6, 6.07) is 21.2. The third-order valence-corrected chi connectivity index (χ3v) is 7.12. The highest BCUT2D eigenvalue weighted by atomic mass is 32.1. The van der Waals surface area contributed by atoms with Gasteiger partial charge in [0.1, 0.15) is 0 Å². The molecule has 0 unspecified atom stereocenters. The lowest BCUT2D eigenvalue weighted by Gasteiger charge is -2.24. The third-order valence-electron chi connectivity index (χ3n) is 6.25. The zero-order valence-electron chi connectivity index (χ0n) is 20.7. The first-order valence-electron chi connectivity index (χ1n) is 12.1. The smallest absolute Gasteiger partial charge is 0.411 e. The standard InChI is InChI=1S/C29H26N4O4S/c1-19-4-2-5-21(16-19)18-33-25(28(35)31-17-20-11-13-30-14-12-20)26(37-29(33)36)22-7-9-23(10-8-22)32-27(34)24-6-3-15-38-24/h2-16,25-26H,17-18H2,1H3,(H,31,35)(H,32,34)/t25-,26-/m1/s1. The summed E-state index contributed by atoms with van der Waals surface area (Å²) < 4.78 is 5.76. The number of cyclic esters (lactones) is 1. The van der Waals surface area contributed by atoms with Gasteiger partial charge in [-0.3, -0.25) is 19.5 Å². The van der Waals surface area contributed by atoms with Crippen LogP contribution in [0, 0.1) is 6.92 Å². The Kier molecular flexibility index (Phi) is 7.46. The maximum Gasteiger partial charge on any atom is 0.411 e. The van der Waals surface area contributed by atoms with Crippen LogP contribution in [0.1, 0.15) is 38.0 Å². The van der Waals surface area contributed by atoms with E-state index in [1.54, 1.807) is 42.7 Å². The number of anilines is 1. The van der Waals surface area contributed by atoms with Crippen molar-refractivity contribution in [3.63, 3.8) is 0 Å². The highest BCUT2D eigenvalue weighted by Crippen LogP contribution is 2.34. The average Bonchev–Trinajstić information content (AvgIpc) is 3.57. The maximum absolute atomic E-state index is 13.5. The molecule has 1 aliphatic heterocycles. The summed E-state index contributed by atoms with van der Waals surface area (Å²) in [7, 11) is 0. The van der Waals surface area contributed by atoms with E-state index in [-0.39, 0.29) is 18.4 Å². The van der Waals surface area contributed by atoms with E-state index in [2.05, 4.69) is 15.6 Å². The summed E-state index contributed by atoms with van der Waals surface area (Å²) in [6.45, 7) is 2.51. The van der Waals surface area contributed by atoms with E-state index in [0.29, 0.717) is 22.7 Å². The number of rotatable bonds is 8. The minimum atomic E-state index is -0.878. The van der Waals surface area contributed by atoms with Gasteiger partial charge in [0.25, 0.3) is 5.91 Å². The van der Waals surface area contributed by atoms with Crippen LogP contribution in [-0.4, -0.2) is 33.8 Å². The van der Waals surface area contributed by atoms with Crippen molar-refractivity contribution in [1.29, 1.82) is 0 Å². The van der Waals surface area contributed by atoms with Gasteiger partial charge in [-0.15, -0.1) is 11.3 Å². The number of pyridine rings is 1. The predicted molar refractivity (Wildman–Crippen MR) is 145 cm³/mol. The van der Waals surface area contributed by atoms with Crippen molar-refractivity contribution in [3.8, 4) is 0 Å². The number of nitrogens with zero attached hydrogens (tertiary/aromatic N) is 2. The molecule has 0 radical (unpaired) electrons. The Hall–Kier alpha value is -4.50. The number of hydrogen-bond acceptors (Lipinski definition) is 6. The van der Waals surface area contributed by atoms with E-state index < -0.39 is 18.2 Å². The molecule has 3 heterocycles. The van der Waals surface area contributed by atoms with Crippen LogP contribution in [0.15, 0.2) is 90.6 Å². The van der Waals surface area contributed by atoms with Crippen LogP contribution in [0.3, 0.4) is 0 Å². The third kappa shape index (κ3) is 5.73. The molecule has 0 bridgehead atoms. The summed E-state index contributed by atoms with van der Waals surface area (Å²) in [5.74, 6) is -0.516. The van der Waals surface area contributed by atoms with Crippen molar-refractivity contribution >= 4 is 34.9 Å². The average molecular weight is 527 g/mol. The van der Waals surface area contributed by atoms with Gasteiger partial charge >= 0.3 is 6.09 Å². The fraction of sp³-hybridized carbons (Fsp3) is 0.172. The number of benzene rings is 2. The molecule has 38 heavy (non-hydrogen) atoms. The summed E-state index contributed by atoms with van der Waals surface area (Å²) >= 11 is 1.36. The molecule has 4 aromatic rings. The van der Waals surface area contributed by atoms with Gasteiger partial charge in [0.2, 0.25) is 5.91 Å². The van der Waals surface area contributed by atoms with E-state index in [1.165, 1.54) is 16.2 Å². The van der Waals surface area contributed by atoms with E-state index in [9.17, 15) is 14.4 Å². The Balaban J connectivity index is 1.37. The quantitative estimate of drug-likeness (QED) is 0.333. The Morgan fingerprint density at radius 3 is 2.50 bits per heavy atom. The Morgan fingerprint density at radius 1 is 1.00 bits per heavy atom. The number of carbonyl (C=O) groups excluding carboxylic acids is 3. The summed E-state index contributed by atoms with van der Waals surface area (Å²) in [5.41, 5.74) is 4.12. The number of thiophene rings is 1. The fourth-order valence-electron chi connectivity index (χ4n) is 4.37. The molecule has 1 saturated heterocycles. The van der Waals surface area contributed by atoms with Gasteiger partial charge in [-0.05, 0) is 59.3 Å². The first kappa shape index (κ1) is 25.2. The second kappa shape index (κ2) is 11.3. The van der Waals surface area contributed by atoms with Crippen LogP contribution in [0.5, 0.6) is 0 Å². The molecule has 9 heteroatoms. The molecule has 1 aliphatic rings. The molecule has 5 rings (SSSR count). The minimum Gasteiger partial charge on any atom is -0.438 e. The first-order chi connectivity index (χ1) is 18.5. The monoisotopic (exact) mass is 526 g/mol. The molecule has 8 nitrogen and oxygen atoms in total. The van der Waals surface area contributed by atoms with E-state index in [4.69, 9.17) is 4.74 Å². The van der Waals surface area contributed by atoms with Crippen molar-refractivity contribution in [2.75, 3.05) is 5.32 Å². The molecular weight excluding hydrogens is 500 g/mol. The number of carbonyl (C=O) groups is 3. The van der Waals surface area contributed by atoms with Crippen LogP contribution in [0.4, 0.5) is 10.5 Å². The fourth-order valence-corrected chi connectivity index (χ4v) is 4.99. The summed E-state index contributed by atoms with van der Waals surface area (Å²) in [4.78, 5) is 45.0. The molecule has 192 valence electrons. The van der Waals surface area contributed by atoms with Crippen LogP contribution in [0.2, 0.25) is 0 Å². The van der Waals surface area contributed by atoms with Crippen LogP contribution >= 0.6 is 11.3 Å². The van der Waals surface area contributed by atoms with Gasteiger partial charge in [0.05, 0.1) is 11.4 Å². The van der Waals surface area contributed by atoms with Crippen molar-refractivity contribution in [1.82, 2.24) is 15.2 Å². The van der Waals surface area contributed by atoms with Gasteiger partial charge in [-0.2, -0.15) is 0 Å². The molecule has 0 saturated carbocycles. The zero-order valence-corrected chi connectivity index (χ0v) is 21.5. The number of ether oxygens (including phenoxy) is 1. The number of nitrogens with one attached hydrogen (secondary N) is 2. The Bertz CT molecular complexity index is 1420. The molecule has 2 aromatic carbocycles. The molecule has 2 N–H and O–H groups in total. The predicted octanol–water partition coefficient (Wildman–Crippen LogP) is 5.08. The molecule has 2 aromatic heterocycles. The zero-order chi connectivity index (χ0) is 26.5. The second-order valence-electron chi connectivity index (χ2n) is 8.99. The number of aromatic nitrogens is 1. The number of aryl methyl sites for hydroxylation is 1. The lowest BCUT2D eigenvalue weighted by molar-refractivity contribution is -0.126. The molecule has 2 atom stereocenters. The van der Waals surface area contributed by atoms with Crippen molar-refractivity contribution < 1.29 is 19.1 Å². The molecule has 0 aliphatic carbocycles. The maximum atomic E-state index is 13.5. The second-order valence-corrected chi connectivity index (χ2v) is 9.94. The van der Waals surface area contributed by atoms with Crippen molar-refractivity contribution in [2.45, 2.75) is 32.2 Å². The van der Waals surface area contributed by atoms with Crippen LogP contribution in [0.25, 0.3) is 0 Å². The highest BCUT2D eigenvalue weighted by Gasteiger charge is 2.46. The van der Waals surface area contributed by atoms with Gasteiger partial charge in [-0.25, -0.2) is 4.79 Å². The minimum absolute atomic E-state index is 0.197. The van der Waals surface area contributed by atoms with Gasteiger partial charge in [-0.1, -0.05) is 48.0 Å².